The maximum atomic E-state index is 12.8. The van der Waals surface area contributed by atoms with Gasteiger partial charge in [0.15, 0.2) is 0 Å². The van der Waals surface area contributed by atoms with E-state index in [-0.39, 0.29) is 63.9 Å². The summed E-state index contributed by atoms with van der Waals surface area (Å²) in [6.07, 6.45) is 0. The number of ether oxygens (including phenoxy) is 1. The fourth-order valence-electron chi connectivity index (χ4n) is 1.34. The molecule has 0 saturated carbocycles. The number of halogens is 1. The van der Waals surface area contributed by atoms with Gasteiger partial charge >= 0.3 is 64.2 Å². The first-order valence-corrected chi connectivity index (χ1v) is 5.11. The summed E-state index contributed by atoms with van der Waals surface area (Å²) in [5, 5.41) is 0. The van der Waals surface area contributed by atoms with Crippen molar-refractivity contribution in [3.05, 3.63) is 65.5 Å². The van der Waals surface area contributed by atoms with Crippen LogP contribution in [0.25, 0.3) is 0 Å². The quantitative estimate of drug-likeness (QED) is 0.448. The molecular weight excluding hydrogens is 305 g/mol. The predicted octanol–water partition coefficient (Wildman–Crippen LogP) is 0.158. The molecule has 0 atom stereocenters. The molecule has 2 aromatic rings. The van der Waals surface area contributed by atoms with E-state index in [1.54, 1.807) is 12.1 Å². The van der Waals surface area contributed by atoms with E-state index in [2.05, 4.69) is 6.07 Å². The Morgan fingerprint density at radius 2 is 1.89 bits per heavy atom. The van der Waals surface area contributed by atoms with E-state index in [4.69, 9.17) is 4.74 Å². The van der Waals surface area contributed by atoms with E-state index < -0.39 is 11.8 Å². The van der Waals surface area contributed by atoms with E-state index in [9.17, 15) is 9.18 Å². The molecule has 4 heteroatoms. The number of carbonyl (C=O) groups excluding carboxylic acids is 1. The Kier molecular flexibility index (Phi) is 6.36. The minimum Gasteiger partial charge on any atom is -0.450 e. The van der Waals surface area contributed by atoms with Crippen molar-refractivity contribution >= 4 is 5.97 Å². The number of hydrogen-bond donors (Lipinski definition) is 0. The summed E-state index contributed by atoms with van der Waals surface area (Å²) in [4.78, 5) is 11.7. The minimum atomic E-state index is -0.556. The van der Waals surface area contributed by atoms with Crippen LogP contribution in [0.1, 0.15) is 15.9 Å². The Hall–Kier alpha value is -0.355. The van der Waals surface area contributed by atoms with Crippen LogP contribution in [0, 0.1) is 18.8 Å². The molecule has 18 heavy (non-hydrogen) atoms. The van der Waals surface area contributed by atoms with Crippen LogP contribution in [0.5, 0.6) is 5.75 Å². The number of hydrogen-bond acceptors (Lipinski definition) is 2. The monoisotopic (exact) mass is 314 g/mol. The van der Waals surface area contributed by atoms with E-state index in [1.807, 2.05) is 19.1 Å². The number of esters is 1. The molecule has 0 amide bonds. The van der Waals surface area contributed by atoms with E-state index in [1.165, 1.54) is 12.1 Å². The fourth-order valence-corrected chi connectivity index (χ4v) is 1.34. The maximum absolute atomic E-state index is 12.8. The van der Waals surface area contributed by atoms with Gasteiger partial charge in [0.1, 0.15) is 0 Å². The fraction of sp³-hybridized carbons (Fsp3) is 0.0714. The molecule has 0 saturated heterocycles. The number of rotatable bonds is 2. The zero-order valence-corrected chi connectivity index (χ0v) is 15.2. The smallest absolute Gasteiger partial charge is 0.450 e. The zero-order chi connectivity index (χ0) is 12.3. The van der Waals surface area contributed by atoms with Crippen LogP contribution in [0.3, 0.4) is 0 Å². The third kappa shape index (κ3) is 4.39. The summed E-state index contributed by atoms with van der Waals surface area (Å²) in [6, 6.07) is 13.3. The zero-order valence-electron chi connectivity index (χ0n) is 10.2. The van der Waals surface area contributed by atoms with Crippen LogP contribution in [0.4, 0.5) is 4.39 Å². The van der Waals surface area contributed by atoms with Crippen LogP contribution in [-0.4, -0.2) is 5.97 Å². The van der Waals surface area contributed by atoms with Crippen LogP contribution >= 0.6 is 0 Å². The summed E-state index contributed by atoms with van der Waals surface area (Å²) in [5.41, 5.74) is 1.49. The average molecular weight is 315 g/mol. The van der Waals surface area contributed by atoms with E-state index in [0.717, 1.165) is 11.6 Å². The summed E-state index contributed by atoms with van der Waals surface area (Å²) in [5.74, 6) is -0.887. The summed E-state index contributed by atoms with van der Waals surface area (Å²) in [6.45, 7) is 1.93. The van der Waals surface area contributed by atoms with Crippen molar-refractivity contribution in [2.45, 2.75) is 6.92 Å². The van der Waals surface area contributed by atoms with Crippen molar-refractivity contribution < 1.29 is 72.1 Å². The molecule has 0 fully saturated rings. The molecule has 2 rings (SSSR count). The second kappa shape index (κ2) is 7.29. The molecule has 0 spiro atoms. The Morgan fingerprint density at radius 1 is 1.22 bits per heavy atom. The van der Waals surface area contributed by atoms with Gasteiger partial charge in [0.05, 0.1) is 5.56 Å². The van der Waals surface area contributed by atoms with E-state index >= 15 is 0 Å². The van der Waals surface area contributed by atoms with Crippen LogP contribution in [-0.2, 0) is 0 Å². The molecule has 0 bridgehead atoms. The molecule has 0 N–H and O–H groups in total. The number of aryl methyl sites for hydroxylation is 1. The standard InChI is InChI=1S/C14H10FO2.Rb/c1-10-5-7-11(8-6-10)14(16)17-13-4-2-3-12(15)9-13;/h2,4-9H,1H3;/q-1;+1. The summed E-state index contributed by atoms with van der Waals surface area (Å²) in [7, 11) is 0. The normalized spacial score (nSPS) is 9.44. The van der Waals surface area contributed by atoms with Gasteiger partial charge in [0.2, 0.25) is 0 Å². The molecule has 0 heterocycles. The molecule has 0 radical (unpaired) electrons. The first kappa shape index (κ1) is 15.7. The molecular formula is C14H10FO2Rb. The van der Waals surface area contributed by atoms with Crippen molar-refractivity contribution in [3.63, 3.8) is 0 Å². The van der Waals surface area contributed by atoms with Crippen LogP contribution < -0.4 is 62.9 Å². The SMILES string of the molecule is Cc1ccc(C(=O)Oc2cc[c-]c(F)c2)cc1.[Rb+]. The molecule has 2 nitrogen and oxygen atoms in total. The first-order chi connectivity index (χ1) is 8.15. The van der Waals surface area contributed by atoms with Gasteiger partial charge in [-0.15, -0.1) is 12.1 Å². The maximum Gasteiger partial charge on any atom is 1.00 e. The average Bonchev–Trinajstić information content (AvgIpc) is 2.29. The Balaban J connectivity index is 0.00000162. The van der Waals surface area contributed by atoms with Crippen molar-refractivity contribution in [1.82, 2.24) is 0 Å². The molecule has 0 aliphatic rings. The van der Waals surface area contributed by atoms with Crippen LogP contribution in [0.2, 0.25) is 0 Å². The molecule has 0 aliphatic heterocycles. The Morgan fingerprint density at radius 3 is 2.50 bits per heavy atom. The summed E-state index contributed by atoms with van der Waals surface area (Å²) >= 11 is 0. The first-order valence-electron chi connectivity index (χ1n) is 5.11. The second-order valence-corrected chi connectivity index (χ2v) is 3.63. The number of carbonyl (C=O) groups is 1. The van der Waals surface area contributed by atoms with Crippen LogP contribution in [0.15, 0.2) is 42.5 Å². The second-order valence-electron chi connectivity index (χ2n) is 3.63. The third-order valence-corrected chi connectivity index (χ3v) is 2.24. The molecule has 0 aliphatic carbocycles. The van der Waals surface area contributed by atoms with Gasteiger partial charge in [-0.05, 0) is 19.1 Å². The van der Waals surface area contributed by atoms with Gasteiger partial charge in [0, 0.05) is 11.6 Å². The van der Waals surface area contributed by atoms with Crippen molar-refractivity contribution in [1.29, 1.82) is 0 Å². The molecule has 2 aromatic carbocycles. The van der Waals surface area contributed by atoms with Gasteiger partial charge < -0.3 is 4.74 Å². The number of benzene rings is 2. The van der Waals surface area contributed by atoms with Crippen molar-refractivity contribution in [2.24, 2.45) is 0 Å². The minimum absolute atomic E-state index is 0. The molecule has 86 valence electrons. The van der Waals surface area contributed by atoms with Gasteiger partial charge in [-0.25, -0.2) is 9.18 Å². The molecule has 0 unspecified atom stereocenters. The topological polar surface area (TPSA) is 26.3 Å². The van der Waals surface area contributed by atoms with Gasteiger partial charge in [-0.3, -0.25) is 0 Å². The molecule has 0 aromatic heterocycles. The Bertz CT molecular complexity index is 538. The largest absolute Gasteiger partial charge is 1.00 e. The third-order valence-electron chi connectivity index (χ3n) is 2.24. The van der Waals surface area contributed by atoms with Gasteiger partial charge in [-0.2, -0.15) is 6.07 Å². The van der Waals surface area contributed by atoms with Gasteiger partial charge in [-0.1, -0.05) is 23.8 Å². The predicted molar refractivity (Wildman–Crippen MR) is 61.4 cm³/mol. The van der Waals surface area contributed by atoms with Gasteiger partial charge in [0.25, 0.3) is 0 Å². The summed E-state index contributed by atoms with van der Waals surface area (Å²) < 4.78 is 17.8. The van der Waals surface area contributed by atoms with Crippen molar-refractivity contribution in [2.75, 3.05) is 0 Å². The Labute approximate surface area is 154 Å². The van der Waals surface area contributed by atoms with Crippen molar-refractivity contribution in [3.8, 4) is 5.75 Å². The van der Waals surface area contributed by atoms with E-state index in [0.29, 0.717) is 5.56 Å².